The number of amides is 1. The first kappa shape index (κ1) is 17.3. The van der Waals surface area contributed by atoms with Crippen molar-refractivity contribution in [1.82, 2.24) is 9.88 Å². The number of aromatic nitrogens is 1. The van der Waals surface area contributed by atoms with Gasteiger partial charge in [-0.2, -0.15) is 0 Å². The summed E-state index contributed by atoms with van der Waals surface area (Å²) in [6.45, 7) is 0.634. The van der Waals surface area contributed by atoms with Gasteiger partial charge in [-0.05, 0) is 36.6 Å². The number of hydrogen-bond donors (Lipinski definition) is 0. The second kappa shape index (κ2) is 6.89. The maximum atomic E-state index is 13.1. The van der Waals surface area contributed by atoms with Gasteiger partial charge in [0, 0.05) is 26.7 Å². The highest BCUT2D eigenvalue weighted by Gasteiger charge is 2.34. The average Bonchev–Trinajstić information content (AvgIpc) is 3.27. The number of fused-ring (bicyclic) bond motifs is 1. The number of nitrogens with zero attached hydrogens (tertiary/aromatic N) is 3. The van der Waals surface area contributed by atoms with E-state index in [2.05, 4.69) is 4.98 Å². The summed E-state index contributed by atoms with van der Waals surface area (Å²) in [5.74, 6) is 0.948. The molecule has 0 unspecified atom stereocenters. The summed E-state index contributed by atoms with van der Waals surface area (Å²) < 4.78 is 6.30. The molecule has 136 valence electrons. The van der Waals surface area contributed by atoms with Crippen LogP contribution < -0.4 is 9.64 Å². The summed E-state index contributed by atoms with van der Waals surface area (Å²) in [4.78, 5) is 23.5. The summed E-state index contributed by atoms with van der Waals surface area (Å²) in [5, 5.41) is 0.975. The molecule has 0 atom stereocenters. The number of anilines is 1. The van der Waals surface area contributed by atoms with Crippen LogP contribution in [0.2, 0.25) is 0 Å². The van der Waals surface area contributed by atoms with Crippen molar-refractivity contribution in [2.45, 2.75) is 25.4 Å². The van der Waals surface area contributed by atoms with Gasteiger partial charge in [-0.1, -0.05) is 23.5 Å². The van der Waals surface area contributed by atoms with Crippen molar-refractivity contribution < 1.29 is 9.53 Å². The van der Waals surface area contributed by atoms with Crippen molar-refractivity contribution in [1.29, 1.82) is 0 Å². The highest BCUT2D eigenvalue weighted by molar-refractivity contribution is 7.29. The molecule has 0 saturated heterocycles. The molecule has 0 N–H and O–H groups in total. The average molecular weight is 388 g/mol. The molecule has 26 heavy (non-hydrogen) atoms. The third-order valence-corrected chi connectivity index (χ3v) is 6.75. The molecule has 1 fully saturated rings. The third-order valence-electron chi connectivity index (χ3n) is 4.43. The van der Waals surface area contributed by atoms with Crippen molar-refractivity contribution in [2.75, 3.05) is 26.1 Å². The number of carbonyl (C=O) groups excluding carboxylic acids is 1. The van der Waals surface area contributed by atoms with Crippen LogP contribution in [0.5, 0.6) is 5.75 Å². The zero-order valence-electron chi connectivity index (χ0n) is 15.1. The van der Waals surface area contributed by atoms with E-state index in [-0.39, 0.29) is 5.91 Å². The molecular formula is C19H21N3O2S2. The Morgan fingerprint density at radius 1 is 1.23 bits per heavy atom. The van der Waals surface area contributed by atoms with E-state index in [9.17, 15) is 4.79 Å². The molecular weight excluding hydrogens is 366 g/mol. The van der Waals surface area contributed by atoms with Gasteiger partial charge < -0.3 is 14.5 Å². The molecule has 0 radical (unpaired) electrons. The van der Waals surface area contributed by atoms with E-state index in [4.69, 9.17) is 4.74 Å². The van der Waals surface area contributed by atoms with Crippen LogP contribution in [0.15, 0.2) is 30.3 Å². The normalized spacial score (nSPS) is 13.8. The van der Waals surface area contributed by atoms with Gasteiger partial charge in [-0.25, -0.2) is 4.98 Å². The van der Waals surface area contributed by atoms with Crippen LogP contribution in [0.1, 0.15) is 28.1 Å². The number of benzene rings is 1. The Kier molecular flexibility index (Phi) is 4.58. The van der Waals surface area contributed by atoms with Crippen molar-refractivity contribution in [2.24, 2.45) is 0 Å². The lowest BCUT2D eigenvalue weighted by Gasteiger charge is -2.22. The maximum Gasteiger partial charge on any atom is 0.264 e. The monoisotopic (exact) mass is 387 g/mol. The molecule has 1 aliphatic carbocycles. The summed E-state index contributed by atoms with van der Waals surface area (Å²) in [6.07, 6.45) is 2.18. The SMILES string of the molecule is COc1ccc(CN(C(=O)c2cc3sc(N(C)C)nc3s2)C2CC2)cc1. The lowest BCUT2D eigenvalue weighted by Crippen LogP contribution is -2.32. The van der Waals surface area contributed by atoms with E-state index in [0.29, 0.717) is 12.6 Å². The summed E-state index contributed by atoms with van der Waals surface area (Å²) in [6, 6.07) is 10.3. The minimum Gasteiger partial charge on any atom is -0.497 e. The van der Waals surface area contributed by atoms with Crippen LogP contribution in [0, 0.1) is 0 Å². The second-order valence-electron chi connectivity index (χ2n) is 6.68. The minimum atomic E-state index is 0.116. The number of methoxy groups -OCH3 is 1. The predicted molar refractivity (Wildman–Crippen MR) is 108 cm³/mol. The molecule has 2 heterocycles. The number of ether oxygens (including phenoxy) is 1. The Labute approximate surface area is 160 Å². The zero-order valence-corrected chi connectivity index (χ0v) is 16.7. The molecule has 1 amide bonds. The second-order valence-corrected chi connectivity index (χ2v) is 8.72. The topological polar surface area (TPSA) is 45.7 Å². The highest BCUT2D eigenvalue weighted by Crippen LogP contribution is 2.36. The van der Waals surface area contributed by atoms with E-state index in [0.717, 1.165) is 43.7 Å². The van der Waals surface area contributed by atoms with Crippen molar-refractivity contribution in [3.8, 4) is 5.75 Å². The Balaban J connectivity index is 1.55. The molecule has 1 aliphatic rings. The fraction of sp³-hybridized carbons (Fsp3) is 0.368. The van der Waals surface area contributed by atoms with E-state index in [1.807, 2.05) is 54.2 Å². The number of thiophene rings is 1. The van der Waals surface area contributed by atoms with Gasteiger partial charge in [0.15, 0.2) is 5.13 Å². The summed E-state index contributed by atoms with van der Waals surface area (Å²) in [5.41, 5.74) is 1.12. The lowest BCUT2D eigenvalue weighted by atomic mass is 10.2. The van der Waals surface area contributed by atoms with Gasteiger partial charge in [0.2, 0.25) is 0 Å². The van der Waals surface area contributed by atoms with Crippen LogP contribution in [-0.4, -0.2) is 43.0 Å². The fourth-order valence-corrected chi connectivity index (χ4v) is 4.93. The van der Waals surface area contributed by atoms with Crippen molar-refractivity contribution in [3.63, 3.8) is 0 Å². The first-order valence-corrected chi connectivity index (χ1v) is 10.2. The molecule has 0 aliphatic heterocycles. The number of hydrogen-bond acceptors (Lipinski definition) is 6. The molecule has 7 heteroatoms. The van der Waals surface area contributed by atoms with Crippen molar-refractivity contribution >= 4 is 43.2 Å². The molecule has 5 nitrogen and oxygen atoms in total. The first-order chi connectivity index (χ1) is 12.5. The smallest absolute Gasteiger partial charge is 0.264 e. The van der Waals surface area contributed by atoms with Crippen LogP contribution in [-0.2, 0) is 6.54 Å². The molecule has 0 spiro atoms. The Morgan fingerprint density at radius 2 is 1.96 bits per heavy atom. The highest BCUT2D eigenvalue weighted by atomic mass is 32.1. The molecule has 1 saturated carbocycles. The van der Waals surface area contributed by atoms with E-state index < -0.39 is 0 Å². The molecule has 0 bridgehead atoms. The number of thiazole rings is 1. The van der Waals surface area contributed by atoms with E-state index in [1.54, 1.807) is 18.4 Å². The fourth-order valence-electron chi connectivity index (χ4n) is 2.84. The number of carbonyl (C=O) groups is 1. The van der Waals surface area contributed by atoms with Gasteiger partial charge in [0.1, 0.15) is 10.6 Å². The summed E-state index contributed by atoms with van der Waals surface area (Å²) >= 11 is 3.12. The predicted octanol–water partition coefficient (Wildman–Crippen LogP) is 4.24. The van der Waals surface area contributed by atoms with Gasteiger partial charge in [-0.3, -0.25) is 4.79 Å². The quantitative estimate of drug-likeness (QED) is 0.635. The van der Waals surface area contributed by atoms with E-state index >= 15 is 0 Å². The molecule has 2 aromatic heterocycles. The van der Waals surface area contributed by atoms with Crippen LogP contribution in [0.4, 0.5) is 5.13 Å². The summed E-state index contributed by atoms with van der Waals surface area (Å²) in [7, 11) is 5.63. The van der Waals surface area contributed by atoms with Gasteiger partial charge in [0.25, 0.3) is 5.91 Å². The molecule has 3 aromatic rings. The van der Waals surface area contributed by atoms with Crippen LogP contribution in [0.25, 0.3) is 9.53 Å². The Bertz CT molecular complexity index is 895. The van der Waals surface area contributed by atoms with Crippen molar-refractivity contribution in [3.05, 3.63) is 40.8 Å². The Hall–Kier alpha value is -2.12. The zero-order chi connectivity index (χ0) is 18.3. The van der Waals surface area contributed by atoms with Crippen LogP contribution >= 0.6 is 22.7 Å². The van der Waals surface area contributed by atoms with Gasteiger partial charge in [0.05, 0.1) is 16.7 Å². The first-order valence-electron chi connectivity index (χ1n) is 8.57. The Morgan fingerprint density at radius 3 is 2.54 bits per heavy atom. The molecule has 4 rings (SSSR count). The van der Waals surface area contributed by atoms with Gasteiger partial charge >= 0.3 is 0 Å². The van der Waals surface area contributed by atoms with Crippen LogP contribution in [0.3, 0.4) is 0 Å². The minimum absolute atomic E-state index is 0.116. The van der Waals surface area contributed by atoms with E-state index in [1.165, 1.54) is 11.3 Å². The number of rotatable bonds is 6. The largest absolute Gasteiger partial charge is 0.497 e. The third kappa shape index (κ3) is 3.41. The lowest BCUT2D eigenvalue weighted by molar-refractivity contribution is 0.0735. The van der Waals surface area contributed by atoms with Gasteiger partial charge in [-0.15, -0.1) is 11.3 Å². The maximum absolute atomic E-state index is 13.1. The standard InChI is InChI=1S/C19H21N3O2S2/c1-21(2)19-20-17-15(26-19)10-16(25-17)18(23)22(13-6-7-13)11-12-4-8-14(24-3)9-5-12/h4-5,8-10,13H,6-7,11H2,1-3H3. The molecule has 1 aromatic carbocycles.